The Bertz CT molecular complexity index is 123. The highest BCUT2D eigenvalue weighted by atomic mass is 16.3. The summed E-state index contributed by atoms with van der Waals surface area (Å²) in [5.41, 5.74) is 0. The molecule has 0 spiro atoms. The van der Waals surface area contributed by atoms with E-state index < -0.39 is 6.04 Å². The third kappa shape index (κ3) is 3.79. The number of nitrogens with zero attached hydrogens (tertiary/aromatic N) is 1. The van der Waals surface area contributed by atoms with Crippen LogP contribution in [-0.2, 0) is 0 Å². The van der Waals surface area contributed by atoms with Crippen LogP contribution in [0.15, 0.2) is 0 Å². The molecule has 66 valence electrons. The molecule has 0 rings (SSSR count). The van der Waals surface area contributed by atoms with E-state index in [1.54, 1.807) is 14.1 Å². The van der Waals surface area contributed by atoms with Gasteiger partial charge in [0, 0.05) is 14.1 Å². The van der Waals surface area contributed by atoms with Crippen LogP contribution in [0, 0.1) is 0 Å². The van der Waals surface area contributed by atoms with Crippen molar-refractivity contribution in [2.24, 2.45) is 0 Å². The molecule has 0 fully saturated rings. The van der Waals surface area contributed by atoms with Crippen LogP contribution in [0.5, 0.6) is 0 Å². The summed E-state index contributed by atoms with van der Waals surface area (Å²) in [6, 6.07) is -0.886. The van der Waals surface area contributed by atoms with Crippen molar-refractivity contribution in [3.8, 4) is 0 Å². The molecule has 5 heteroatoms. The highest BCUT2D eigenvalue weighted by molar-refractivity contribution is 5.73. The molecule has 11 heavy (non-hydrogen) atoms. The lowest BCUT2D eigenvalue weighted by molar-refractivity contribution is 0.161. The summed E-state index contributed by atoms with van der Waals surface area (Å²) in [7, 11) is 3.17. The van der Waals surface area contributed by atoms with Crippen molar-refractivity contribution in [1.82, 2.24) is 10.2 Å². The average Bonchev–Trinajstić information content (AvgIpc) is 1.99. The maximum Gasteiger partial charge on any atom is 0.317 e. The molecule has 0 aliphatic heterocycles. The van der Waals surface area contributed by atoms with Gasteiger partial charge in [-0.15, -0.1) is 0 Å². The molecule has 0 unspecified atom stereocenters. The molecule has 0 saturated heterocycles. The fourth-order valence-electron chi connectivity index (χ4n) is 0.453. The molecule has 0 bridgehead atoms. The lowest BCUT2D eigenvalue weighted by atomic mass is 10.3. The Hall–Kier alpha value is -0.810. The van der Waals surface area contributed by atoms with Gasteiger partial charge in [0.2, 0.25) is 0 Å². The molecule has 3 N–H and O–H groups in total. The zero-order valence-electron chi connectivity index (χ0n) is 6.74. The third-order valence-electron chi connectivity index (χ3n) is 1.17. The van der Waals surface area contributed by atoms with Crippen molar-refractivity contribution in [2.75, 3.05) is 27.3 Å². The van der Waals surface area contributed by atoms with Gasteiger partial charge in [0.05, 0.1) is 19.3 Å². The van der Waals surface area contributed by atoms with Gasteiger partial charge in [0.1, 0.15) is 0 Å². The molecule has 0 atom stereocenters. The van der Waals surface area contributed by atoms with Crippen LogP contribution < -0.4 is 5.32 Å². The van der Waals surface area contributed by atoms with Gasteiger partial charge in [0.15, 0.2) is 0 Å². The first-order valence-electron chi connectivity index (χ1n) is 3.31. The lowest BCUT2D eigenvalue weighted by Crippen LogP contribution is -2.45. The number of rotatable bonds is 3. The normalized spacial score (nSPS) is 9.91. The van der Waals surface area contributed by atoms with Gasteiger partial charge < -0.3 is 20.4 Å². The molecule has 0 aromatic rings. The molecule has 0 aromatic carbocycles. The van der Waals surface area contributed by atoms with Gasteiger partial charge in [0.25, 0.3) is 0 Å². The topological polar surface area (TPSA) is 72.8 Å². The van der Waals surface area contributed by atoms with Crippen LogP contribution in [0.3, 0.4) is 0 Å². The monoisotopic (exact) mass is 162 g/mol. The minimum absolute atomic E-state index is 0.254. The summed E-state index contributed by atoms with van der Waals surface area (Å²) in [5, 5.41) is 19.5. The van der Waals surface area contributed by atoms with E-state index in [0.717, 1.165) is 0 Å². The summed E-state index contributed by atoms with van der Waals surface area (Å²) in [6.07, 6.45) is 0. The fraction of sp³-hybridized carbons (Fsp3) is 0.833. The van der Waals surface area contributed by atoms with E-state index in [1.165, 1.54) is 4.90 Å². The summed E-state index contributed by atoms with van der Waals surface area (Å²) in [5.74, 6) is 0. The SMILES string of the molecule is CN(C)C(=O)NC(CO)CO. The van der Waals surface area contributed by atoms with E-state index in [4.69, 9.17) is 10.2 Å². The van der Waals surface area contributed by atoms with Gasteiger partial charge in [-0.05, 0) is 0 Å². The number of carbonyl (C=O) groups excluding carboxylic acids is 1. The van der Waals surface area contributed by atoms with E-state index in [9.17, 15) is 4.79 Å². The number of hydrogen-bond acceptors (Lipinski definition) is 3. The van der Waals surface area contributed by atoms with Crippen LogP contribution in [0.25, 0.3) is 0 Å². The molecule has 0 aliphatic rings. The van der Waals surface area contributed by atoms with Crippen LogP contribution in [0.2, 0.25) is 0 Å². The van der Waals surface area contributed by atoms with Crippen LogP contribution >= 0.6 is 0 Å². The first-order chi connectivity index (χ1) is 5.11. The van der Waals surface area contributed by atoms with E-state index in [2.05, 4.69) is 5.32 Å². The Labute approximate surface area is 65.6 Å². The molecule has 0 heterocycles. The minimum Gasteiger partial charge on any atom is -0.394 e. The van der Waals surface area contributed by atoms with Crippen molar-refractivity contribution in [3.05, 3.63) is 0 Å². The molecule has 0 radical (unpaired) electrons. The summed E-state index contributed by atoms with van der Waals surface area (Å²) in [6.45, 7) is -0.508. The molecular formula is C6H14N2O3. The number of amides is 2. The van der Waals surface area contributed by atoms with Crippen molar-refractivity contribution in [3.63, 3.8) is 0 Å². The molecule has 0 aliphatic carbocycles. The summed E-state index contributed by atoms with van der Waals surface area (Å²) < 4.78 is 0. The van der Waals surface area contributed by atoms with Crippen molar-refractivity contribution in [2.45, 2.75) is 6.04 Å². The third-order valence-corrected chi connectivity index (χ3v) is 1.17. The predicted octanol–water partition coefficient (Wildman–Crippen LogP) is -1.39. The quantitative estimate of drug-likeness (QED) is 0.478. The van der Waals surface area contributed by atoms with E-state index in [1.807, 2.05) is 0 Å². The van der Waals surface area contributed by atoms with Crippen molar-refractivity contribution >= 4 is 6.03 Å². The zero-order valence-corrected chi connectivity index (χ0v) is 6.74. The maximum atomic E-state index is 10.9. The fourth-order valence-corrected chi connectivity index (χ4v) is 0.453. The van der Waals surface area contributed by atoms with Crippen LogP contribution in [-0.4, -0.2) is 54.5 Å². The number of urea groups is 1. The first-order valence-corrected chi connectivity index (χ1v) is 3.31. The van der Waals surface area contributed by atoms with E-state index in [-0.39, 0.29) is 19.2 Å². The molecule has 0 aromatic heterocycles. The van der Waals surface area contributed by atoms with Gasteiger partial charge in [-0.2, -0.15) is 0 Å². The largest absolute Gasteiger partial charge is 0.394 e. The number of hydrogen-bond donors (Lipinski definition) is 3. The lowest BCUT2D eigenvalue weighted by Gasteiger charge is -2.17. The number of nitrogens with one attached hydrogen (secondary N) is 1. The predicted molar refractivity (Wildman–Crippen MR) is 40.2 cm³/mol. The van der Waals surface area contributed by atoms with E-state index >= 15 is 0 Å². The summed E-state index contributed by atoms with van der Waals surface area (Å²) >= 11 is 0. The van der Waals surface area contributed by atoms with Crippen LogP contribution in [0.4, 0.5) is 4.79 Å². The number of aliphatic hydroxyl groups is 2. The van der Waals surface area contributed by atoms with Gasteiger partial charge in [-0.25, -0.2) is 4.79 Å². The van der Waals surface area contributed by atoms with Crippen molar-refractivity contribution in [1.29, 1.82) is 0 Å². The second kappa shape index (κ2) is 4.92. The highest BCUT2D eigenvalue weighted by Crippen LogP contribution is 1.83. The maximum absolute atomic E-state index is 10.9. The Morgan fingerprint density at radius 2 is 1.91 bits per heavy atom. The van der Waals surface area contributed by atoms with Gasteiger partial charge >= 0.3 is 6.03 Å². The molecule has 2 amide bonds. The second-order valence-corrected chi connectivity index (χ2v) is 2.41. The smallest absolute Gasteiger partial charge is 0.317 e. The van der Waals surface area contributed by atoms with E-state index in [0.29, 0.717) is 0 Å². The highest BCUT2D eigenvalue weighted by Gasteiger charge is 2.10. The molecule has 0 saturated carbocycles. The Kier molecular flexibility index (Phi) is 4.56. The second-order valence-electron chi connectivity index (χ2n) is 2.41. The Morgan fingerprint density at radius 1 is 1.45 bits per heavy atom. The molecular weight excluding hydrogens is 148 g/mol. The standard InChI is InChI=1S/C6H14N2O3/c1-8(2)6(11)7-5(3-9)4-10/h5,9-10H,3-4H2,1-2H3,(H,7,11). The molecule has 5 nitrogen and oxygen atoms in total. The first kappa shape index (κ1) is 10.2. The Morgan fingerprint density at radius 3 is 2.18 bits per heavy atom. The number of carbonyl (C=O) groups is 1. The van der Waals surface area contributed by atoms with Gasteiger partial charge in [-0.3, -0.25) is 0 Å². The minimum atomic E-state index is -0.565. The zero-order chi connectivity index (χ0) is 8.85. The van der Waals surface area contributed by atoms with Gasteiger partial charge in [-0.1, -0.05) is 0 Å². The average molecular weight is 162 g/mol. The van der Waals surface area contributed by atoms with Crippen molar-refractivity contribution < 1.29 is 15.0 Å². The van der Waals surface area contributed by atoms with Crippen LogP contribution in [0.1, 0.15) is 0 Å². The number of aliphatic hydroxyl groups excluding tert-OH is 2. The Balaban J connectivity index is 3.72. The summed E-state index contributed by atoms with van der Waals surface area (Å²) in [4.78, 5) is 12.2.